The van der Waals surface area contributed by atoms with Gasteiger partial charge in [0, 0.05) is 12.1 Å². The quantitative estimate of drug-likeness (QED) is 0.528. The first-order valence-corrected chi connectivity index (χ1v) is 3.91. The summed E-state index contributed by atoms with van der Waals surface area (Å²) < 4.78 is 0. The molecule has 1 aliphatic heterocycles. The number of piperazine rings is 1. The average Bonchev–Trinajstić information content (AvgIpc) is 1.81. The smallest absolute Gasteiger partial charge is 0.240 e. The number of carbonyl (C=O) groups is 1. The van der Waals surface area contributed by atoms with Crippen LogP contribution in [-0.2, 0) is 4.79 Å². The van der Waals surface area contributed by atoms with Crippen molar-refractivity contribution in [2.75, 3.05) is 6.54 Å². The van der Waals surface area contributed by atoms with Gasteiger partial charge in [0.2, 0.25) is 5.91 Å². The van der Waals surface area contributed by atoms with Crippen LogP contribution in [0.3, 0.4) is 0 Å². The van der Waals surface area contributed by atoms with Crippen molar-refractivity contribution in [3.8, 4) is 0 Å². The first-order chi connectivity index (χ1) is 4.83. The van der Waals surface area contributed by atoms with E-state index in [1.54, 1.807) is 0 Å². The maximum atomic E-state index is 11.4. The summed E-state index contributed by atoms with van der Waals surface area (Å²) in [4.78, 5) is 11.4. The molecule has 0 unspecified atom stereocenters. The summed E-state index contributed by atoms with van der Waals surface area (Å²) in [6.45, 7) is 8.61. The maximum absolute atomic E-state index is 11.4. The lowest BCUT2D eigenvalue weighted by Crippen LogP contribution is -2.67. The van der Waals surface area contributed by atoms with Crippen molar-refractivity contribution in [2.45, 2.75) is 38.8 Å². The minimum Gasteiger partial charge on any atom is -0.348 e. The molecule has 0 radical (unpaired) electrons. The highest BCUT2D eigenvalue weighted by molar-refractivity contribution is 5.86. The molecular weight excluding hydrogens is 140 g/mol. The summed E-state index contributed by atoms with van der Waals surface area (Å²) in [7, 11) is 0. The summed E-state index contributed by atoms with van der Waals surface area (Å²) in [6.07, 6.45) is 0. The monoisotopic (exact) mass is 156 g/mol. The van der Waals surface area contributed by atoms with Crippen molar-refractivity contribution < 1.29 is 4.79 Å². The van der Waals surface area contributed by atoms with E-state index in [9.17, 15) is 4.79 Å². The molecule has 1 saturated heterocycles. The van der Waals surface area contributed by atoms with Gasteiger partial charge in [0.15, 0.2) is 0 Å². The van der Waals surface area contributed by atoms with Crippen LogP contribution in [0.4, 0.5) is 0 Å². The number of nitrogens with one attached hydrogen (secondary N) is 2. The molecule has 0 atom stereocenters. The van der Waals surface area contributed by atoms with Gasteiger partial charge in [0.25, 0.3) is 0 Å². The van der Waals surface area contributed by atoms with Gasteiger partial charge in [0.05, 0.1) is 5.54 Å². The second kappa shape index (κ2) is 2.21. The summed E-state index contributed by atoms with van der Waals surface area (Å²) in [5.74, 6) is 0.0775. The molecule has 1 amide bonds. The van der Waals surface area contributed by atoms with Crippen LogP contribution in [0.2, 0.25) is 0 Å². The fourth-order valence-corrected chi connectivity index (χ4v) is 1.03. The molecule has 0 spiro atoms. The van der Waals surface area contributed by atoms with E-state index in [4.69, 9.17) is 0 Å². The number of rotatable bonds is 0. The van der Waals surface area contributed by atoms with E-state index < -0.39 is 5.54 Å². The van der Waals surface area contributed by atoms with Gasteiger partial charge >= 0.3 is 0 Å². The number of hydrogen-bond donors (Lipinski definition) is 2. The van der Waals surface area contributed by atoms with Gasteiger partial charge in [-0.2, -0.15) is 0 Å². The lowest BCUT2D eigenvalue weighted by molar-refractivity contribution is -0.130. The van der Waals surface area contributed by atoms with Gasteiger partial charge in [-0.15, -0.1) is 0 Å². The molecule has 3 heteroatoms. The minimum atomic E-state index is -0.407. The average molecular weight is 156 g/mol. The zero-order valence-corrected chi connectivity index (χ0v) is 7.62. The first-order valence-electron chi connectivity index (χ1n) is 3.91. The Bertz CT molecular complexity index is 185. The summed E-state index contributed by atoms with van der Waals surface area (Å²) >= 11 is 0. The topological polar surface area (TPSA) is 41.1 Å². The number of carbonyl (C=O) groups excluding carboxylic acids is 1. The number of amides is 1. The molecule has 1 aliphatic rings. The molecule has 0 aromatic carbocycles. The van der Waals surface area contributed by atoms with Crippen LogP contribution >= 0.6 is 0 Å². The molecular formula is C8H16N2O. The van der Waals surface area contributed by atoms with Crippen LogP contribution in [0.5, 0.6) is 0 Å². The van der Waals surface area contributed by atoms with Gasteiger partial charge in [-0.3, -0.25) is 4.79 Å². The van der Waals surface area contributed by atoms with Crippen molar-refractivity contribution in [3.05, 3.63) is 0 Å². The van der Waals surface area contributed by atoms with E-state index in [0.29, 0.717) is 0 Å². The molecule has 11 heavy (non-hydrogen) atoms. The Morgan fingerprint density at radius 3 is 2.18 bits per heavy atom. The van der Waals surface area contributed by atoms with Crippen LogP contribution in [0, 0.1) is 0 Å². The molecule has 0 bridgehead atoms. The molecule has 2 N–H and O–H groups in total. The third kappa shape index (κ3) is 1.71. The van der Waals surface area contributed by atoms with Crippen LogP contribution in [0.1, 0.15) is 27.7 Å². The fourth-order valence-electron chi connectivity index (χ4n) is 1.03. The second-order valence-corrected chi connectivity index (χ2v) is 4.32. The highest BCUT2D eigenvalue weighted by atomic mass is 16.2. The largest absolute Gasteiger partial charge is 0.348 e. The third-order valence-electron chi connectivity index (χ3n) is 1.99. The Kier molecular flexibility index (Phi) is 1.71. The Morgan fingerprint density at radius 1 is 1.27 bits per heavy atom. The highest BCUT2D eigenvalue weighted by Crippen LogP contribution is 2.13. The van der Waals surface area contributed by atoms with E-state index in [1.807, 2.05) is 27.7 Å². The van der Waals surface area contributed by atoms with Gasteiger partial charge in [-0.25, -0.2) is 0 Å². The van der Waals surface area contributed by atoms with Crippen molar-refractivity contribution in [3.63, 3.8) is 0 Å². The molecule has 1 rings (SSSR count). The van der Waals surface area contributed by atoms with Crippen molar-refractivity contribution in [1.29, 1.82) is 0 Å². The Balaban J connectivity index is 2.71. The van der Waals surface area contributed by atoms with E-state index >= 15 is 0 Å². The van der Waals surface area contributed by atoms with Crippen LogP contribution < -0.4 is 10.6 Å². The van der Waals surface area contributed by atoms with E-state index in [-0.39, 0.29) is 11.4 Å². The van der Waals surface area contributed by atoms with Crippen LogP contribution in [0.25, 0.3) is 0 Å². The van der Waals surface area contributed by atoms with Gasteiger partial charge < -0.3 is 10.6 Å². The molecule has 3 nitrogen and oxygen atoms in total. The predicted molar refractivity (Wildman–Crippen MR) is 44.3 cm³/mol. The third-order valence-corrected chi connectivity index (χ3v) is 1.99. The Hall–Kier alpha value is -0.570. The van der Waals surface area contributed by atoms with Crippen molar-refractivity contribution >= 4 is 5.91 Å². The van der Waals surface area contributed by atoms with Crippen LogP contribution in [0.15, 0.2) is 0 Å². The van der Waals surface area contributed by atoms with Gasteiger partial charge in [-0.1, -0.05) is 0 Å². The standard InChI is InChI=1S/C8H16N2O/c1-7(2)5-9-8(3,4)6(11)10-7/h9H,5H2,1-4H3,(H,10,11). The summed E-state index contributed by atoms with van der Waals surface area (Å²) in [5.41, 5.74) is -0.512. The zero-order valence-electron chi connectivity index (χ0n) is 7.62. The Labute approximate surface area is 67.5 Å². The van der Waals surface area contributed by atoms with Crippen molar-refractivity contribution in [2.24, 2.45) is 0 Å². The molecule has 0 aromatic rings. The molecule has 0 aromatic heterocycles. The number of hydrogen-bond acceptors (Lipinski definition) is 2. The predicted octanol–water partition coefficient (Wildman–Crippen LogP) is 0.263. The second-order valence-electron chi connectivity index (χ2n) is 4.32. The maximum Gasteiger partial charge on any atom is 0.240 e. The molecule has 0 saturated carbocycles. The lowest BCUT2D eigenvalue weighted by atomic mass is 9.94. The zero-order chi connectivity index (χ0) is 8.70. The minimum absolute atomic E-state index is 0.0775. The first kappa shape index (κ1) is 8.53. The van der Waals surface area contributed by atoms with E-state index in [1.165, 1.54) is 0 Å². The van der Waals surface area contributed by atoms with E-state index in [0.717, 1.165) is 6.54 Å². The van der Waals surface area contributed by atoms with Crippen LogP contribution in [-0.4, -0.2) is 23.5 Å². The fraction of sp³-hybridized carbons (Fsp3) is 0.875. The lowest BCUT2D eigenvalue weighted by Gasteiger charge is -2.40. The van der Waals surface area contributed by atoms with Gasteiger partial charge in [-0.05, 0) is 27.7 Å². The Morgan fingerprint density at radius 2 is 1.82 bits per heavy atom. The van der Waals surface area contributed by atoms with Crippen molar-refractivity contribution in [1.82, 2.24) is 10.6 Å². The molecule has 0 aliphatic carbocycles. The normalized spacial score (nSPS) is 27.8. The highest BCUT2D eigenvalue weighted by Gasteiger charge is 2.37. The SMILES string of the molecule is CC1(C)CNC(C)(C)C(=O)N1. The summed E-state index contributed by atoms with van der Waals surface area (Å²) in [5, 5.41) is 6.13. The molecule has 1 fully saturated rings. The summed E-state index contributed by atoms with van der Waals surface area (Å²) in [6, 6.07) is 0. The molecule has 64 valence electrons. The van der Waals surface area contributed by atoms with E-state index in [2.05, 4.69) is 10.6 Å². The molecule has 1 heterocycles. The van der Waals surface area contributed by atoms with Gasteiger partial charge in [0.1, 0.15) is 0 Å².